The van der Waals surface area contributed by atoms with Gasteiger partial charge < -0.3 is 10.1 Å². The molecule has 3 aliphatic rings. The van der Waals surface area contributed by atoms with E-state index in [1.54, 1.807) is 6.07 Å². The molecule has 0 aromatic heterocycles. The average molecular weight is 508 g/mol. The first-order chi connectivity index (χ1) is 17.0. The molecule has 0 bridgehead atoms. The number of anilines is 1. The molecule has 0 aliphatic carbocycles. The fourth-order valence-corrected chi connectivity index (χ4v) is 5.89. The largest absolute Gasteiger partial charge is 0.376 e. The van der Waals surface area contributed by atoms with E-state index in [2.05, 4.69) is 5.32 Å². The summed E-state index contributed by atoms with van der Waals surface area (Å²) in [6.45, 7) is 1.44. The van der Waals surface area contributed by atoms with Crippen LogP contribution in [0, 0.1) is 0 Å². The van der Waals surface area contributed by atoms with Crippen molar-refractivity contribution in [3.05, 3.63) is 70.6 Å². The number of hydrogen-bond donors (Lipinski definition) is 1. The number of thiocarbonyl (C=S) groups is 1. The fourth-order valence-electron chi connectivity index (χ4n) is 4.55. The van der Waals surface area contributed by atoms with Crippen molar-refractivity contribution < 1.29 is 19.1 Å². The summed E-state index contributed by atoms with van der Waals surface area (Å²) in [6, 6.07) is 17.1. The molecular weight excluding hydrogens is 482 g/mol. The Kier molecular flexibility index (Phi) is 6.99. The van der Waals surface area contributed by atoms with Crippen molar-refractivity contribution in [2.45, 2.75) is 25.4 Å². The Labute approximate surface area is 213 Å². The van der Waals surface area contributed by atoms with E-state index in [-0.39, 0.29) is 30.4 Å². The molecule has 9 heteroatoms. The van der Waals surface area contributed by atoms with Crippen LogP contribution in [0.25, 0.3) is 5.57 Å². The van der Waals surface area contributed by atoms with Crippen LogP contribution in [0.4, 0.5) is 5.69 Å². The molecule has 35 heavy (non-hydrogen) atoms. The molecule has 0 spiro atoms. The molecule has 0 radical (unpaired) electrons. The molecule has 3 aliphatic heterocycles. The molecule has 0 saturated carbocycles. The molecule has 2 aromatic carbocycles. The number of para-hydroxylation sites is 1. The van der Waals surface area contributed by atoms with Gasteiger partial charge >= 0.3 is 0 Å². The van der Waals surface area contributed by atoms with Crippen molar-refractivity contribution in [1.29, 1.82) is 0 Å². The molecule has 1 atom stereocenters. The normalized spacial score (nSPS) is 21.7. The zero-order valence-electron chi connectivity index (χ0n) is 19.1. The topological polar surface area (TPSA) is 79.0 Å². The van der Waals surface area contributed by atoms with Crippen LogP contribution in [0.1, 0.15) is 24.0 Å². The standard InChI is InChI=1S/C26H25N3O4S2/c30-21(27-13-12-17-7-2-1-3-8-17)16-28-20-11-5-4-10-19(20)22(24(28)31)23-25(32)29(26(34)35-23)15-18-9-6-14-33-18/h1-5,7-8,10-11,18H,6,9,12-16H2,(H,27,30)/b23-22-/t18-/m0/s1. The smallest absolute Gasteiger partial charge is 0.267 e. The van der Waals surface area contributed by atoms with Gasteiger partial charge in [0.2, 0.25) is 5.91 Å². The number of fused-ring (bicyclic) bond motifs is 1. The van der Waals surface area contributed by atoms with E-state index < -0.39 is 0 Å². The number of nitrogens with zero attached hydrogens (tertiary/aromatic N) is 2. The first-order valence-electron chi connectivity index (χ1n) is 11.6. The van der Waals surface area contributed by atoms with Crippen molar-refractivity contribution in [2.75, 3.05) is 31.1 Å². The minimum absolute atomic E-state index is 0.0375. The van der Waals surface area contributed by atoms with Gasteiger partial charge in [0.25, 0.3) is 11.8 Å². The van der Waals surface area contributed by atoms with Gasteiger partial charge in [0.05, 0.1) is 28.8 Å². The van der Waals surface area contributed by atoms with Crippen LogP contribution in [0.3, 0.4) is 0 Å². The van der Waals surface area contributed by atoms with Gasteiger partial charge in [-0.2, -0.15) is 0 Å². The van der Waals surface area contributed by atoms with E-state index in [1.165, 1.54) is 9.80 Å². The zero-order valence-corrected chi connectivity index (χ0v) is 20.7. The molecule has 1 N–H and O–H groups in total. The highest BCUT2D eigenvalue weighted by atomic mass is 32.2. The predicted molar refractivity (Wildman–Crippen MR) is 140 cm³/mol. The highest BCUT2D eigenvalue weighted by Crippen LogP contribution is 2.44. The molecule has 3 amide bonds. The summed E-state index contributed by atoms with van der Waals surface area (Å²) < 4.78 is 6.10. The van der Waals surface area contributed by atoms with Crippen molar-refractivity contribution >= 4 is 57.3 Å². The number of carbonyl (C=O) groups excluding carboxylic acids is 3. The number of hydrogen-bond acceptors (Lipinski definition) is 6. The number of thioether (sulfide) groups is 1. The average Bonchev–Trinajstić information content (AvgIpc) is 3.54. The Morgan fingerprint density at radius 2 is 1.83 bits per heavy atom. The Morgan fingerprint density at radius 1 is 1.06 bits per heavy atom. The Hall–Kier alpha value is -3.01. The Bertz CT molecular complexity index is 1210. The molecule has 5 rings (SSSR count). The van der Waals surface area contributed by atoms with Gasteiger partial charge in [0.15, 0.2) is 0 Å². The van der Waals surface area contributed by atoms with Crippen LogP contribution in [-0.4, -0.2) is 59.3 Å². The van der Waals surface area contributed by atoms with Gasteiger partial charge in [-0.05, 0) is 30.9 Å². The lowest BCUT2D eigenvalue weighted by Gasteiger charge is -2.18. The molecule has 180 valence electrons. The molecule has 2 aromatic rings. The fraction of sp³-hybridized carbons (Fsp3) is 0.308. The molecule has 2 saturated heterocycles. The highest BCUT2D eigenvalue weighted by molar-refractivity contribution is 8.26. The Morgan fingerprint density at radius 3 is 2.60 bits per heavy atom. The third-order valence-corrected chi connectivity index (χ3v) is 7.74. The van der Waals surface area contributed by atoms with Crippen molar-refractivity contribution in [1.82, 2.24) is 10.2 Å². The monoisotopic (exact) mass is 507 g/mol. The summed E-state index contributed by atoms with van der Waals surface area (Å²) >= 11 is 6.62. The van der Waals surface area contributed by atoms with Gasteiger partial charge in [-0.25, -0.2) is 0 Å². The van der Waals surface area contributed by atoms with E-state index >= 15 is 0 Å². The summed E-state index contributed by atoms with van der Waals surface area (Å²) in [5.74, 6) is -0.888. The first-order valence-corrected chi connectivity index (χ1v) is 12.9. The van der Waals surface area contributed by atoms with Crippen molar-refractivity contribution in [3.8, 4) is 0 Å². The second-order valence-electron chi connectivity index (χ2n) is 8.62. The number of rotatable bonds is 7. The molecule has 0 unspecified atom stereocenters. The number of nitrogens with one attached hydrogen (secondary N) is 1. The van der Waals surface area contributed by atoms with E-state index in [0.717, 1.165) is 30.2 Å². The van der Waals surface area contributed by atoms with E-state index in [4.69, 9.17) is 17.0 Å². The predicted octanol–water partition coefficient (Wildman–Crippen LogP) is 3.14. The maximum atomic E-state index is 13.5. The van der Waals surface area contributed by atoms with Gasteiger partial charge in [0, 0.05) is 18.7 Å². The van der Waals surface area contributed by atoms with Crippen molar-refractivity contribution in [3.63, 3.8) is 0 Å². The summed E-state index contributed by atoms with van der Waals surface area (Å²) in [4.78, 5) is 42.8. The van der Waals surface area contributed by atoms with Crippen LogP contribution in [0.2, 0.25) is 0 Å². The lowest BCUT2D eigenvalue weighted by atomic mass is 10.1. The number of amides is 3. The summed E-state index contributed by atoms with van der Waals surface area (Å²) in [6.07, 6.45) is 2.52. The van der Waals surface area contributed by atoms with Gasteiger partial charge in [-0.1, -0.05) is 72.5 Å². The number of ether oxygens (including phenoxy) is 1. The van der Waals surface area contributed by atoms with Crippen LogP contribution in [0.5, 0.6) is 0 Å². The highest BCUT2D eigenvalue weighted by Gasteiger charge is 2.43. The molecule has 2 fully saturated rings. The lowest BCUT2D eigenvalue weighted by Crippen LogP contribution is -2.39. The summed E-state index contributed by atoms with van der Waals surface area (Å²) in [7, 11) is 0. The molecule has 7 nitrogen and oxygen atoms in total. The third-order valence-electron chi connectivity index (χ3n) is 6.29. The van der Waals surface area contributed by atoms with Crippen LogP contribution < -0.4 is 10.2 Å². The lowest BCUT2D eigenvalue weighted by molar-refractivity contribution is -0.123. The summed E-state index contributed by atoms with van der Waals surface area (Å²) in [5.41, 5.74) is 2.70. The SMILES string of the molecule is O=C(CN1C(=O)/C(=C2\SC(=S)N(C[C@@H]3CCCO3)C2=O)c2ccccc21)NCCc1ccccc1. The van der Waals surface area contributed by atoms with Crippen molar-refractivity contribution in [2.24, 2.45) is 0 Å². The number of carbonyl (C=O) groups is 3. The quantitative estimate of drug-likeness (QED) is 0.458. The molecule has 3 heterocycles. The summed E-state index contributed by atoms with van der Waals surface area (Å²) in [5, 5.41) is 2.89. The molecular formula is C26H25N3O4S2. The van der Waals surface area contributed by atoms with Gasteiger partial charge in [0.1, 0.15) is 10.9 Å². The van der Waals surface area contributed by atoms with Crippen LogP contribution in [-0.2, 0) is 25.5 Å². The van der Waals surface area contributed by atoms with Gasteiger partial charge in [-0.15, -0.1) is 0 Å². The first kappa shape index (κ1) is 23.7. The van der Waals surface area contributed by atoms with Crippen LogP contribution in [0.15, 0.2) is 59.5 Å². The van der Waals surface area contributed by atoms with E-state index in [0.29, 0.717) is 52.2 Å². The number of benzene rings is 2. The maximum absolute atomic E-state index is 13.5. The van der Waals surface area contributed by atoms with E-state index in [1.807, 2.05) is 48.5 Å². The zero-order chi connectivity index (χ0) is 24.4. The maximum Gasteiger partial charge on any atom is 0.267 e. The Balaban J connectivity index is 1.32. The second kappa shape index (κ2) is 10.3. The second-order valence-corrected chi connectivity index (χ2v) is 10.3. The van der Waals surface area contributed by atoms with Gasteiger partial charge in [-0.3, -0.25) is 24.2 Å². The van der Waals surface area contributed by atoms with E-state index in [9.17, 15) is 14.4 Å². The minimum Gasteiger partial charge on any atom is -0.376 e. The third kappa shape index (κ3) is 4.89. The minimum atomic E-state index is -0.359. The van der Waals surface area contributed by atoms with Crippen LogP contribution >= 0.6 is 24.0 Å².